The Balaban J connectivity index is 1.86. The summed E-state index contributed by atoms with van der Waals surface area (Å²) in [5.41, 5.74) is 1.59. The van der Waals surface area contributed by atoms with Gasteiger partial charge in [0.05, 0.1) is 16.0 Å². The molecule has 0 spiro atoms. The number of nitrogens with zero attached hydrogens (tertiary/aromatic N) is 3. The van der Waals surface area contributed by atoms with Crippen LogP contribution in [0.4, 0.5) is 11.4 Å². The Morgan fingerprint density at radius 3 is 2.50 bits per heavy atom. The summed E-state index contributed by atoms with van der Waals surface area (Å²) in [7, 11) is 0. The van der Waals surface area contributed by atoms with E-state index in [2.05, 4.69) is 15.1 Å². The largest absolute Gasteiger partial charge is 0.366 e. The maximum Gasteiger partial charge on any atom is 0.293 e. The van der Waals surface area contributed by atoms with Crippen LogP contribution in [0.2, 0.25) is 0 Å². The van der Waals surface area contributed by atoms with Crippen LogP contribution in [0.15, 0.2) is 47.3 Å². The lowest BCUT2D eigenvalue weighted by Gasteiger charge is -2.28. The lowest BCUT2D eigenvalue weighted by molar-refractivity contribution is -0.384. The standard InChI is InChI=1S/C19H18N4O3/c24-19-15-7-3-2-6-14(15)18(20-21-19)13-8-9-16(17(12-13)23(25)26)22-10-4-1-5-11-22/h2-3,6-9,12H,1,4-5,10-11H2,(H,21,24). The number of piperidine rings is 1. The van der Waals surface area contributed by atoms with Crippen LogP contribution in [0.5, 0.6) is 0 Å². The lowest BCUT2D eigenvalue weighted by Crippen LogP contribution is -2.29. The first kappa shape index (κ1) is 16.3. The number of nitro groups is 1. The Labute approximate surface area is 149 Å². The van der Waals surface area contributed by atoms with Gasteiger partial charge >= 0.3 is 0 Å². The number of benzene rings is 2. The molecule has 4 rings (SSSR count). The molecule has 2 heterocycles. The van der Waals surface area contributed by atoms with Gasteiger partial charge in [-0.25, -0.2) is 5.10 Å². The van der Waals surface area contributed by atoms with Crippen molar-refractivity contribution in [3.05, 3.63) is 62.9 Å². The third-order valence-corrected chi connectivity index (χ3v) is 4.84. The third kappa shape index (κ3) is 2.81. The van der Waals surface area contributed by atoms with Crippen molar-refractivity contribution >= 4 is 22.1 Å². The number of nitro benzene ring substituents is 1. The molecule has 7 nitrogen and oxygen atoms in total. The molecule has 0 atom stereocenters. The summed E-state index contributed by atoms with van der Waals surface area (Å²) in [6.45, 7) is 1.67. The summed E-state index contributed by atoms with van der Waals surface area (Å²) in [6.07, 6.45) is 3.26. The molecular weight excluding hydrogens is 332 g/mol. The molecule has 1 N–H and O–H groups in total. The second-order valence-corrected chi connectivity index (χ2v) is 6.46. The lowest BCUT2D eigenvalue weighted by atomic mass is 10.0. The molecule has 0 unspecified atom stereocenters. The predicted octanol–water partition coefficient (Wildman–Crippen LogP) is 3.49. The highest BCUT2D eigenvalue weighted by molar-refractivity contribution is 5.94. The highest BCUT2D eigenvalue weighted by atomic mass is 16.6. The van der Waals surface area contributed by atoms with Crippen LogP contribution in [0.25, 0.3) is 22.0 Å². The van der Waals surface area contributed by atoms with E-state index >= 15 is 0 Å². The highest BCUT2D eigenvalue weighted by Gasteiger charge is 2.22. The number of anilines is 1. The van der Waals surface area contributed by atoms with Crippen LogP contribution in [0, 0.1) is 10.1 Å². The molecule has 132 valence electrons. The van der Waals surface area contributed by atoms with Crippen molar-refractivity contribution in [3.8, 4) is 11.3 Å². The molecule has 26 heavy (non-hydrogen) atoms. The van der Waals surface area contributed by atoms with Crippen molar-refractivity contribution in [1.29, 1.82) is 0 Å². The maximum atomic E-state index is 12.0. The van der Waals surface area contributed by atoms with Gasteiger partial charge < -0.3 is 4.90 Å². The zero-order valence-corrected chi connectivity index (χ0v) is 14.1. The van der Waals surface area contributed by atoms with Gasteiger partial charge in [0.2, 0.25) is 0 Å². The Hall–Kier alpha value is -3.22. The number of H-pyrrole nitrogens is 1. The number of nitrogens with one attached hydrogen (secondary N) is 1. The fourth-order valence-electron chi connectivity index (χ4n) is 3.55. The van der Waals surface area contributed by atoms with Gasteiger partial charge in [0, 0.05) is 30.1 Å². The van der Waals surface area contributed by atoms with Gasteiger partial charge in [-0.15, -0.1) is 0 Å². The van der Waals surface area contributed by atoms with Crippen molar-refractivity contribution in [2.24, 2.45) is 0 Å². The van der Waals surface area contributed by atoms with Gasteiger partial charge in [0.1, 0.15) is 5.69 Å². The Kier molecular flexibility index (Phi) is 4.12. The molecule has 0 aliphatic carbocycles. The first-order chi connectivity index (χ1) is 12.6. The molecule has 1 aromatic heterocycles. The number of hydrogen-bond donors (Lipinski definition) is 1. The fourth-order valence-corrected chi connectivity index (χ4v) is 3.55. The molecule has 1 aliphatic rings. The van der Waals surface area contributed by atoms with Crippen LogP contribution in [-0.4, -0.2) is 28.2 Å². The van der Waals surface area contributed by atoms with Gasteiger partial charge in [-0.3, -0.25) is 14.9 Å². The summed E-state index contributed by atoms with van der Waals surface area (Å²) in [5, 5.41) is 19.5. The van der Waals surface area contributed by atoms with E-state index in [0.29, 0.717) is 27.7 Å². The minimum atomic E-state index is -0.346. The van der Waals surface area contributed by atoms with Crippen LogP contribution in [0.1, 0.15) is 19.3 Å². The molecule has 2 aromatic carbocycles. The topological polar surface area (TPSA) is 92.1 Å². The third-order valence-electron chi connectivity index (χ3n) is 4.84. The van der Waals surface area contributed by atoms with E-state index in [1.165, 1.54) is 0 Å². The normalized spacial score (nSPS) is 14.5. The molecule has 1 saturated heterocycles. The van der Waals surface area contributed by atoms with Crippen molar-refractivity contribution in [1.82, 2.24) is 10.2 Å². The minimum Gasteiger partial charge on any atom is -0.366 e. The molecule has 0 amide bonds. The summed E-state index contributed by atoms with van der Waals surface area (Å²) in [6, 6.07) is 12.3. The summed E-state index contributed by atoms with van der Waals surface area (Å²) in [4.78, 5) is 25.4. The van der Waals surface area contributed by atoms with Crippen molar-refractivity contribution < 1.29 is 4.92 Å². The average molecular weight is 350 g/mol. The maximum absolute atomic E-state index is 12.0. The molecular formula is C19H18N4O3. The number of aromatic amines is 1. The first-order valence-electron chi connectivity index (χ1n) is 8.66. The number of rotatable bonds is 3. The predicted molar refractivity (Wildman–Crippen MR) is 101 cm³/mol. The number of hydrogen-bond acceptors (Lipinski definition) is 5. The van der Waals surface area contributed by atoms with Crippen molar-refractivity contribution in [2.75, 3.05) is 18.0 Å². The Morgan fingerprint density at radius 2 is 1.77 bits per heavy atom. The highest BCUT2D eigenvalue weighted by Crippen LogP contribution is 2.35. The quantitative estimate of drug-likeness (QED) is 0.576. The average Bonchev–Trinajstić information content (AvgIpc) is 2.69. The van der Waals surface area contributed by atoms with Gasteiger partial charge in [-0.1, -0.05) is 24.3 Å². The van der Waals surface area contributed by atoms with E-state index in [0.717, 1.165) is 32.4 Å². The molecule has 1 aliphatic heterocycles. The number of aromatic nitrogens is 2. The van der Waals surface area contributed by atoms with E-state index in [4.69, 9.17) is 0 Å². The second kappa shape index (κ2) is 6.59. The molecule has 0 radical (unpaired) electrons. The SMILES string of the molecule is O=c1[nH]nc(-c2ccc(N3CCCCC3)c([N+](=O)[O-])c2)c2ccccc12. The van der Waals surface area contributed by atoms with Crippen LogP contribution in [-0.2, 0) is 0 Å². The molecule has 7 heteroatoms. The van der Waals surface area contributed by atoms with E-state index in [1.54, 1.807) is 30.3 Å². The Morgan fingerprint density at radius 1 is 1.04 bits per heavy atom. The summed E-state index contributed by atoms with van der Waals surface area (Å²) < 4.78 is 0. The number of fused-ring (bicyclic) bond motifs is 1. The first-order valence-corrected chi connectivity index (χ1v) is 8.66. The zero-order chi connectivity index (χ0) is 18.1. The zero-order valence-electron chi connectivity index (χ0n) is 14.1. The van der Waals surface area contributed by atoms with E-state index < -0.39 is 0 Å². The molecule has 0 bridgehead atoms. The van der Waals surface area contributed by atoms with E-state index in [-0.39, 0.29) is 16.2 Å². The van der Waals surface area contributed by atoms with Crippen molar-refractivity contribution in [3.63, 3.8) is 0 Å². The van der Waals surface area contributed by atoms with Gasteiger partial charge in [-0.05, 0) is 31.4 Å². The van der Waals surface area contributed by atoms with Crippen LogP contribution >= 0.6 is 0 Å². The van der Waals surface area contributed by atoms with Crippen LogP contribution in [0.3, 0.4) is 0 Å². The smallest absolute Gasteiger partial charge is 0.293 e. The molecule has 0 saturated carbocycles. The molecule has 3 aromatic rings. The van der Waals surface area contributed by atoms with Gasteiger partial charge in [-0.2, -0.15) is 5.10 Å². The fraction of sp³-hybridized carbons (Fsp3) is 0.263. The Bertz CT molecular complexity index is 1040. The van der Waals surface area contributed by atoms with Crippen molar-refractivity contribution in [2.45, 2.75) is 19.3 Å². The van der Waals surface area contributed by atoms with Gasteiger partial charge in [0.25, 0.3) is 11.2 Å². The van der Waals surface area contributed by atoms with Crippen LogP contribution < -0.4 is 10.5 Å². The monoisotopic (exact) mass is 350 g/mol. The second-order valence-electron chi connectivity index (χ2n) is 6.46. The van der Waals surface area contributed by atoms with Gasteiger partial charge in [0.15, 0.2) is 0 Å². The van der Waals surface area contributed by atoms with E-state index in [9.17, 15) is 14.9 Å². The molecule has 1 fully saturated rings. The minimum absolute atomic E-state index is 0.0708. The van der Waals surface area contributed by atoms with E-state index in [1.807, 2.05) is 12.1 Å². The summed E-state index contributed by atoms with van der Waals surface area (Å²) in [5.74, 6) is 0. The summed E-state index contributed by atoms with van der Waals surface area (Å²) >= 11 is 0.